The first kappa shape index (κ1) is 24.3. The lowest BCUT2D eigenvalue weighted by molar-refractivity contribution is -0.138. The molecule has 0 atom stereocenters. The first-order chi connectivity index (χ1) is 16.8. The van der Waals surface area contributed by atoms with Gasteiger partial charge in [0.2, 0.25) is 0 Å². The molecule has 0 aliphatic heterocycles. The lowest BCUT2D eigenvalue weighted by atomic mass is 10.1. The van der Waals surface area contributed by atoms with Gasteiger partial charge in [-0.15, -0.1) is 11.3 Å². The van der Waals surface area contributed by atoms with Crippen LogP contribution in [-0.4, -0.2) is 29.9 Å². The number of carbonyl (C=O) groups is 1. The summed E-state index contributed by atoms with van der Waals surface area (Å²) in [5.74, 6) is 1.04. The van der Waals surface area contributed by atoms with E-state index in [9.17, 15) is 18.0 Å². The molecule has 1 amide bonds. The van der Waals surface area contributed by atoms with Gasteiger partial charge < -0.3 is 18.8 Å². The summed E-state index contributed by atoms with van der Waals surface area (Å²) < 4.78 is 56.1. The van der Waals surface area contributed by atoms with Crippen LogP contribution in [0.25, 0.3) is 10.6 Å². The van der Waals surface area contributed by atoms with Crippen LogP contribution < -0.4 is 9.47 Å². The molecule has 0 fully saturated rings. The van der Waals surface area contributed by atoms with Crippen molar-refractivity contribution in [3.8, 4) is 22.1 Å². The van der Waals surface area contributed by atoms with E-state index in [0.29, 0.717) is 40.1 Å². The summed E-state index contributed by atoms with van der Waals surface area (Å²) in [4.78, 5) is 18.7. The van der Waals surface area contributed by atoms with Crippen LogP contribution in [-0.2, 0) is 19.3 Å². The average molecular weight is 503 g/mol. The number of hydrogen-bond acceptors (Lipinski definition) is 6. The smallest absolute Gasteiger partial charge is 0.416 e. The van der Waals surface area contributed by atoms with Gasteiger partial charge in [0.25, 0.3) is 5.91 Å². The summed E-state index contributed by atoms with van der Waals surface area (Å²) in [5, 5.41) is 2.26. The molecule has 2 aromatic heterocycles. The standard InChI is InChI=1S/C25H21F3N2O4S/c1-30(13-18-7-5-11-33-18)24(31)20-15-35-23(29-20)16-9-10-21(22(12-16)32-2)34-14-17-6-3-4-8-19(17)25(26,27)28/h3-12,15H,13-14H2,1-2H3. The molecule has 2 heterocycles. The molecular weight excluding hydrogens is 481 g/mol. The summed E-state index contributed by atoms with van der Waals surface area (Å²) >= 11 is 1.29. The molecule has 0 unspecified atom stereocenters. The third kappa shape index (κ3) is 5.65. The minimum Gasteiger partial charge on any atom is -0.493 e. The summed E-state index contributed by atoms with van der Waals surface area (Å²) in [6.45, 7) is 0.0410. The largest absolute Gasteiger partial charge is 0.493 e. The zero-order valence-corrected chi connectivity index (χ0v) is 19.7. The summed E-state index contributed by atoms with van der Waals surface area (Å²) in [6.07, 6.45) is -2.93. The molecule has 0 saturated carbocycles. The van der Waals surface area contributed by atoms with E-state index < -0.39 is 11.7 Å². The number of carbonyl (C=O) groups excluding carboxylic acids is 1. The Bertz CT molecular complexity index is 1300. The number of aromatic nitrogens is 1. The Morgan fingerprint density at radius 3 is 2.63 bits per heavy atom. The molecule has 2 aromatic carbocycles. The fraction of sp³-hybridized carbons (Fsp3) is 0.200. The SMILES string of the molecule is COc1cc(-c2nc(C(=O)N(C)Cc3ccco3)cs2)ccc1OCc1ccccc1C(F)(F)F. The van der Waals surface area contributed by atoms with Crippen molar-refractivity contribution < 1.29 is 31.9 Å². The highest BCUT2D eigenvalue weighted by molar-refractivity contribution is 7.13. The fourth-order valence-electron chi connectivity index (χ4n) is 3.41. The molecule has 10 heteroatoms. The molecule has 4 rings (SSSR count). The maximum absolute atomic E-state index is 13.2. The first-order valence-electron chi connectivity index (χ1n) is 10.5. The van der Waals surface area contributed by atoms with E-state index in [1.807, 2.05) is 0 Å². The minimum atomic E-state index is -4.47. The van der Waals surface area contributed by atoms with E-state index in [0.717, 1.165) is 6.07 Å². The number of rotatable bonds is 8. The highest BCUT2D eigenvalue weighted by Crippen LogP contribution is 2.36. The van der Waals surface area contributed by atoms with Gasteiger partial charge in [-0.2, -0.15) is 13.2 Å². The monoisotopic (exact) mass is 502 g/mol. The number of thiazole rings is 1. The van der Waals surface area contributed by atoms with Crippen LogP contribution in [0.15, 0.2) is 70.7 Å². The Kier molecular flexibility index (Phi) is 7.11. The van der Waals surface area contributed by atoms with Gasteiger partial charge in [0.15, 0.2) is 11.5 Å². The van der Waals surface area contributed by atoms with E-state index in [1.54, 1.807) is 49.0 Å². The molecule has 4 aromatic rings. The number of methoxy groups -OCH3 is 1. The molecule has 6 nitrogen and oxygen atoms in total. The number of amides is 1. The molecular formula is C25H21F3N2O4S. The molecule has 0 spiro atoms. The molecule has 182 valence electrons. The number of furan rings is 1. The van der Waals surface area contributed by atoms with Crippen molar-refractivity contribution in [2.75, 3.05) is 14.2 Å². The topological polar surface area (TPSA) is 64.8 Å². The highest BCUT2D eigenvalue weighted by Gasteiger charge is 2.33. The van der Waals surface area contributed by atoms with Gasteiger partial charge in [-0.05, 0) is 36.4 Å². The van der Waals surface area contributed by atoms with Crippen LogP contribution in [0, 0.1) is 0 Å². The number of benzene rings is 2. The molecule has 0 aliphatic rings. The number of ether oxygens (including phenoxy) is 2. The Morgan fingerprint density at radius 1 is 1.11 bits per heavy atom. The number of alkyl halides is 3. The Labute approximate surface area is 203 Å². The third-order valence-electron chi connectivity index (χ3n) is 5.16. The van der Waals surface area contributed by atoms with Crippen molar-refractivity contribution in [2.24, 2.45) is 0 Å². The van der Waals surface area contributed by atoms with Gasteiger partial charge in [0, 0.05) is 23.6 Å². The van der Waals surface area contributed by atoms with E-state index in [-0.39, 0.29) is 18.1 Å². The fourth-order valence-corrected chi connectivity index (χ4v) is 4.20. The Balaban J connectivity index is 1.48. The summed E-state index contributed by atoms with van der Waals surface area (Å²) in [6, 6.07) is 13.8. The second kappa shape index (κ2) is 10.2. The predicted molar refractivity (Wildman–Crippen MR) is 124 cm³/mol. The maximum Gasteiger partial charge on any atom is 0.416 e. The van der Waals surface area contributed by atoms with E-state index in [1.165, 1.54) is 41.5 Å². The molecule has 0 aliphatic carbocycles. The second-order valence-corrected chi connectivity index (χ2v) is 8.45. The van der Waals surface area contributed by atoms with Gasteiger partial charge in [0.05, 0.1) is 25.5 Å². The molecule has 0 saturated heterocycles. The van der Waals surface area contributed by atoms with E-state index >= 15 is 0 Å². The summed E-state index contributed by atoms with van der Waals surface area (Å²) in [5.41, 5.74) is 0.255. The second-order valence-electron chi connectivity index (χ2n) is 7.59. The van der Waals surface area contributed by atoms with Crippen LogP contribution >= 0.6 is 11.3 Å². The van der Waals surface area contributed by atoms with Crippen LogP contribution in [0.5, 0.6) is 11.5 Å². The number of nitrogens with zero attached hydrogens (tertiary/aromatic N) is 2. The lowest BCUT2D eigenvalue weighted by Crippen LogP contribution is -2.26. The zero-order valence-electron chi connectivity index (χ0n) is 18.8. The zero-order chi connectivity index (χ0) is 25.0. The van der Waals surface area contributed by atoms with Gasteiger partial charge in [-0.25, -0.2) is 4.98 Å². The summed E-state index contributed by atoms with van der Waals surface area (Å²) in [7, 11) is 3.10. The maximum atomic E-state index is 13.2. The normalized spacial score (nSPS) is 11.3. The molecule has 0 radical (unpaired) electrons. The highest BCUT2D eigenvalue weighted by atomic mass is 32.1. The number of hydrogen-bond donors (Lipinski definition) is 0. The number of halogens is 3. The minimum absolute atomic E-state index is 0.0212. The van der Waals surface area contributed by atoms with Crippen LogP contribution in [0.4, 0.5) is 13.2 Å². The van der Waals surface area contributed by atoms with Crippen molar-refractivity contribution in [1.82, 2.24) is 9.88 Å². The average Bonchev–Trinajstić information content (AvgIpc) is 3.54. The van der Waals surface area contributed by atoms with Crippen molar-refractivity contribution in [3.05, 3.63) is 88.8 Å². The van der Waals surface area contributed by atoms with Crippen LogP contribution in [0.3, 0.4) is 0 Å². The van der Waals surface area contributed by atoms with Gasteiger partial charge in [0.1, 0.15) is 23.1 Å². The van der Waals surface area contributed by atoms with Gasteiger partial charge in [-0.1, -0.05) is 18.2 Å². The van der Waals surface area contributed by atoms with Gasteiger partial charge in [-0.3, -0.25) is 4.79 Å². The molecule has 0 bridgehead atoms. The molecule has 35 heavy (non-hydrogen) atoms. The van der Waals surface area contributed by atoms with E-state index in [4.69, 9.17) is 13.9 Å². The Morgan fingerprint density at radius 2 is 1.91 bits per heavy atom. The van der Waals surface area contributed by atoms with Crippen LogP contribution in [0.2, 0.25) is 0 Å². The van der Waals surface area contributed by atoms with Crippen molar-refractivity contribution in [2.45, 2.75) is 19.3 Å². The van der Waals surface area contributed by atoms with Crippen molar-refractivity contribution in [3.63, 3.8) is 0 Å². The van der Waals surface area contributed by atoms with Crippen molar-refractivity contribution in [1.29, 1.82) is 0 Å². The molecule has 0 N–H and O–H groups in total. The lowest BCUT2D eigenvalue weighted by Gasteiger charge is -2.15. The first-order valence-corrected chi connectivity index (χ1v) is 11.3. The third-order valence-corrected chi connectivity index (χ3v) is 6.05. The quantitative estimate of drug-likeness (QED) is 0.284. The Hall–Kier alpha value is -3.79. The van der Waals surface area contributed by atoms with E-state index in [2.05, 4.69) is 4.98 Å². The van der Waals surface area contributed by atoms with Crippen molar-refractivity contribution >= 4 is 17.2 Å². The van der Waals surface area contributed by atoms with Gasteiger partial charge >= 0.3 is 6.18 Å². The van der Waals surface area contributed by atoms with Crippen LogP contribution in [0.1, 0.15) is 27.4 Å². The predicted octanol–water partition coefficient (Wildman–Crippen LogP) is 6.28.